The van der Waals surface area contributed by atoms with Crippen LogP contribution in [0.5, 0.6) is 0 Å². The van der Waals surface area contributed by atoms with Gasteiger partial charge in [0, 0.05) is 0 Å². The predicted molar refractivity (Wildman–Crippen MR) is 48.7 cm³/mol. The minimum atomic E-state index is -1.37. The molecule has 0 fully saturated rings. The van der Waals surface area contributed by atoms with Gasteiger partial charge in [-0.15, -0.1) is 0 Å². The highest BCUT2D eigenvalue weighted by Crippen LogP contribution is 1.81. The van der Waals surface area contributed by atoms with Gasteiger partial charge in [-0.2, -0.15) is 0 Å². The van der Waals surface area contributed by atoms with Gasteiger partial charge in [0.05, 0.1) is 19.7 Å². The number of carbonyl (C=O) groups excluding carboxylic acids is 2. The van der Waals surface area contributed by atoms with E-state index >= 15 is 0 Å². The van der Waals surface area contributed by atoms with Gasteiger partial charge in [-0.05, 0) is 0 Å². The molecule has 0 aromatic carbocycles. The lowest BCUT2D eigenvalue weighted by Crippen LogP contribution is -2.47. The van der Waals surface area contributed by atoms with Gasteiger partial charge in [0.1, 0.15) is 6.04 Å². The first-order chi connectivity index (χ1) is 7.01. The molecule has 0 rings (SSSR count). The highest BCUT2D eigenvalue weighted by Gasteiger charge is 2.18. The lowest BCUT2D eigenvalue weighted by molar-refractivity contribution is -0.142. The average molecular weight is 219 g/mol. The van der Waals surface area contributed by atoms with Crippen LogP contribution < -0.4 is 16.4 Å². The zero-order chi connectivity index (χ0) is 11.8. The zero-order valence-corrected chi connectivity index (χ0v) is 7.90. The summed E-state index contributed by atoms with van der Waals surface area (Å²) in [6, 6.07) is -1.37. The lowest BCUT2D eigenvalue weighted by Gasteiger charge is -2.11. The molecule has 8 heteroatoms. The van der Waals surface area contributed by atoms with Crippen molar-refractivity contribution in [2.75, 3.05) is 19.7 Å². The van der Waals surface area contributed by atoms with E-state index in [1.54, 1.807) is 0 Å². The monoisotopic (exact) mass is 219 g/mol. The van der Waals surface area contributed by atoms with Crippen LogP contribution in [-0.2, 0) is 14.4 Å². The Morgan fingerprint density at radius 2 is 1.87 bits per heavy atom. The third kappa shape index (κ3) is 5.60. The van der Waals surface area contributed by atoms with Gasteiger partial charge >= 0.3 is 5.97 Å². The predicted octanol–water partition coefficient (Wildman–Crippen LogP) is -3.38. The van der Waals surface area contributed by atoms with Crippen molar-refractivity contribution >= 4 is 17.8 Å². The molecule has 0 aliphatic carbocycles. The summed E-state index contributed by atoms with van der Waals surface area (Å²) in [5.74, 6) is -2.59. The first kappa shape index (κ1) is 13.3. The number of nitrogens with one attached hydrogen (secondary N) is 2. The first-order valence-electron chi connectivity index (χ1n) is 4.11. The number of carbonyl (C=O) groups is 3. The molecule has 0 spiro atoms. The van der Waals surface area contributed by atoms with Crippen molar-refractivity contribution in [3.05, 3.63) is 0 Å². The first-order valence-corrected chi connectivity index (χ1v) is 4.11. The SMILES string of the molecule is NCC(=O)NCC(=O)N[C@H](CO)C(=O)O. The fraction of sp³-hybridized carbons (Fsp3) is 0.571. The number of carboxylic acid groups (broad SMARTS) is 1. The normalized spacial score (nSPS) is 11.6. The van der Waals surface area contributed by atoms with E-state index in [-0.39, 0.29) is 13.1 Å². The van der Waals surface area contributed by atoms with Crippen LogP contribution >= 0.6 is 0 Å². The van der Waals surface area contributed by atoms with E-state index in [0.717, 1.165) is 0 Å². The van der Waals surface area contributed by atoms with E-state index < -0.39 is 30.4 Å². The van der Waals surface area contributed by atoms with Gasteiger partial charge in [0.25, 0.3) is 0 Å². The quantitative estimate of drug-likeness (QED) is 0.315. The van der Waals surface area contributed by atoms with Crippen LogP contribution in [-0.4, -0.2) is 53.7 Å². The molecule has 0 aromatic heterocycles. The Morgan fingerprint density at radius 3 is 2.27 bits per heavy atom. The third-order valence-electron chi connectivity index (χ3n) is 1.45. The van der Waals surface area contributed by atoms with Crippen molar-refractivity contribution in [2.24, 2.45) is 5.73 Å². The molecular formula is C7H13N3O5. The summed E-state index contributed by atoms with van der Waals surface area (Å²) in [6.45, 7) is -1.35. The molecule has 0 bridgehead atoms. The molecular weight excluding hydrogens is 206 g/mol. The van der Waals surface area contributed by atoms with Gasteiger partial charge < -0.3 is 26.6 Å². The Bertz CT molecular complexity index is 255. The van der Waals surface area contributed by atoms with Crippen LogP contribution in [0.4, 0.5) is 0 Å². The van der Waals surface area contributed by atoms with Crippen LogP contribution in [0.15, 0.2) is 0 Å². The molecule has 0 saturated carbocycles. The molecule has 0 aliphatic heterocycles. The average Bonchev–Trinajstić information content (AvgIpc) is 2.21. The molecule has 6 N–H and O–H groups in total. The largest absolute Gasteiger partial charge is 0.480 e. The topological polar surface area (TPSA) is 142 Å². The van der Waals surface area contributed by atoms with Crippen molar-refractivity contribution < 1.29 is 24.6 Å². The zero-order valence-electron chi connectivity index (χ0n) is 7.90. The van der Waals surface area contributed by atoms with Crippen LogP contribution in [0.25, 0.3) is 0 Å². The second kappa shape index (κ2) is 6.74. The summed E-state index contributed by atoms with van der Waals surface area (Å²) in [6.07, 6.45) is 0. The Morgan fingerprint density at radius 1 is 1.27 bits per heavy atom. The van der Waals surface area contributed by atoms with Crippen molar-refractivity contribution in [2.45, 2.75) is 6.04 Å². The highest BCUT2D eigenvalue weighted by molar-refractivity contribution is 5.88. The molecule has 0 unspecified atom stereocenters. The maximum Gasteiger partial charge on any atom is 0.328 e. The molecule has 0 radical (unpaired) electrons. The summed E-state index contributed by atoms with van der Waals surface area (Å²) < 4.78 is 0. The lowest BCUT2D eigenvalue weighted by atomic mass is 10.3. The minimum Gasteiger partial charge on any atom is -0.480 e. The Labute approximate surface area is 85.4 Å². The molecule has 15 heavy (non-hydrogen) atoms. The number of aliphatic hydroxyl groups excluding tert-OH is 1. The minimum absolute atomic E-state index is 0.254. The van der Waals surface area contributed by atoms with Crippen molar-refractivity contribution in [1.29, 1.82) is 0 Å². The van der Waals surface area contributed by atoms with Gasteiger partial charge in [-0.1, -0.05) is 0 Å². The van der Waals surface area contributed by atoms with Gasteiger partial charge in [-0.3, -0.25) is 9.59 Å². The third-order valence-corrected chi connectivity index (χ3v) is 1.45. The highest BCUT2D eigenvalue weighted by atomic mass is 16.4. The van der Waals surface area contributed by atoms with E-state index in [9.17, 15) is 14.4 Å². The molecule has 0 saturated heterocycles. The van der Waals surface area contributed by atoms with Gasteiger partial charge in [-0.25, -0.2) is 4.79 Å². The van der Waals surface area contributed by atoms with Crippen LogP contribution in [0.2, 0.25) is 0 Å². The molecule has 0 aliphatic rings. The van der Waals surface area contributed by atoms with Crippen molar-refractivity contribution in [3.8, 4) is 0 Å². The van der Waals surface area contributed by atoms with E-state index in [4.69, 9.17) is 15.9 Å². The Kier molecular flexibility index (Phi) is 5.99. The Hall–Kier alpha value is -1.67. The smallest absolute Gasteiger partial charge is 0.328 e. The van der Waals surface area contributed by atoms with Crippen LogP contribution in [0.3, 0.4) is 0 Å². The van der Waals surface area contributed by atoms with E-state index in [0.29, 0.717) is 0 Å². The second-order valence-electron chi connectivity index (χ2n) is 2.62. The standard InChI is InChI=1S/C7H13N3O5/c8-1-5(12)9-2-6(13)10-4(3-11)7(14)15/h4,11H,1-3,8H2,(H,9,12)(H,10,13)(H,14,15)/t4-/m1/s1. The fourth-order valence-corrected chi connectivity index (χ4v) is 0.682. The number of nitrogens with two attached hydrogens (primary N) is 1. The van der Waals surface area contributed by atoms with Gasteiger partial charge in [0.2, 0.25) is 11.8 Å². The molecule has 1 atom stereocenters. The maximum atomic E-state index is 11.0. The Balaban J connectivity index is 3.91. The molecule has 8 nitrogen and oxygen atoms in total. The van der Waals surface area contributed by atoms with Crippen molar-refractivity contribution in [1.82, 2.24) is 10.6 Å². The number of hydrogen-bond acceptors (Lipinski definition) is 5. The number of hydrogen-bond donors (Lipinski definition) is 5. The molecule has 86 valence electrons. The fourth-order valence-electron chi connectivity index (χ4n) is 0.682. The summed E-state index contributed by atoms with van der Waals surface area (Å²) in [7, 11) is 0. The summed E-state index contributed by atoms with van der Waals surface area (Å²) in [5, 5.41) is 21.2. The van der Waals surface area contributed by atoms with Crippen molar-refractivity contribution in [3.63, 3.8) is 0 Å². The second-order valence-corrected chi connectivity index (χ2v) is 2.62. The van der Waals surface area contributed by atoms with E-state index in [1.165, 1.54) is 0 Å². The number of aliphatic carboxylic acids is 1. The van der Waals surface area contributed by atoms with E-state index in [1.807, 2.05) is 5.32 Å². The molecule has 0 heterocycles. The number of amides is 2. The molecule has 0 aromatic rings. The van der Waals surface area contributed by atoms with Crippen LogP contribution in [0, 0.1) is 0 Å². The van der Waals surface area contributed by atoms with Crippen LogP contribution in [0.1, 0.15) is 0 Å². The van der Waals surface area contributed by atoms with Gasteiger partial charge in [0.15, 0.2) is 0 Å². The maximum absolute atomic E-state index is 11.0. The summed E-state index contributed by atoms with van der Waals surface area (Å²) in [4.78, 5) is 32.0. The number of aliphatic hydroxyl groups is 1. The van der Waals surface area contributed by atoms with E-state index in [2.05, 4.69) is 5.32 Å². The summed E-state index contributed by atoms with van der Waals surface area (Å²) in [5.41, 5.74) is 4.96. The molecule has 2 amide bonds. The number of rotatable bonds is 6. The summed E-state index contributed by atoms with van der Waals surface area (Å²) >= 11 is 0. The number of carboxylic acids is 1.